The van der Waals surface area contributed by atoms with Crippen LogP contribution in [0.4, 0.5) is 0 Å². The second-order valence-corrected chi connectivity index (χ2v) is 9.01. The lowest BCUT2D eigenvalue weighted by Crippen LogP contribution is -2.28. The molecule has 0 saturated carbocycles. The molecule has 0 radical (unpaired) electrons. The average Bonchev–Trinajstić information content (AvgIpc) is 3.45. The van der Waals surface area contributed by atoms with Crippen LogP contribution in [-0.2, 0) is 11.3 Å². The molecule has 174 valence electrons. The zero-order valence-corrected chi connectivity index (χ0v) is 19.6. The van der Waals surface area contributed by atoms with E-state index in [-0.39, 0.29) is 17.9 Å². The summed E-state index contributed by atoms with van der Waals surface area (Å²) in [7, 11) is 0. The lowest BCUT2D eigenvalue weighted by molar-refractivity contribution is -0.129. The molecule has 1 saturated heterocycles. The SMILES string of the molecule is CC(c1ccccc1)N1CC(c2nc3ccccc3n2CCCCOc2ccccc2)CC1=O. The Labute approximate surface area is 201 Å². The predicted octanol–water partition coefficient (Wildman–Crippen LogP) is 5.97. The summed E-state index contributed by atoms with van der Waals surface area (Å²) < 4.78 is 8.19. The van der Waals surface area contributed by atoms with Gasteiger partial charge in [-0.15, -0.1) is 0 Å². The second-order valence-electron chi connectivity index (χ2n) is 9.01. The van der Waals surface area contributed by atoms with Crippen molar-refractivity contribution >= 4 is 16.9 Å². The lowest BCUT2D eigenvalue weighted by atomic mass is 10.1. The van der Waals surface area contributed by atoms with E-state index in [2.05, 4.69) is 41.8 Å². The lowest BCUT2D eigenvalue weighted by Gasteiger charge is -2.25. The number of hydrogen-bond donors (Lipinski definition) is 0. The first-order valence-corrected chi connectivity index (χ1v) is 12.2. The minimum Gasteiger partial charge on any atom is -0.494 e. The van der Waals surface area contributed by atoms with Gasteiger partial charge in [-0.25, -0.2) is 4.98 Å². The smallest absolute Gasteiger partial charge is 0.223 e. The largest absolute Gasteiger partial charge is 0.494 e. The number of ether oxygens (including phenoxy) is 1. The molecule has 5 heteroatoms. The molecule has 0 spiro atoms. The van der Waals surface area contributed by atoms with Gasteiger partial charge in [-0.3, -0.25) is 4.79 Å². The molecule has 3 aromatic carbocycles. The van der Waals surface area contributed by atoms with E-state index < -0.39 is 0 Å². The Balaban J connectivity index is 1.29. The summed E-state index contributed by atoms with van der Waals surface area (Å²) in [4.78, 5) is 20.0. The highest BCUT2D eigenvalue weighted by molar-refractivity contribution is 5.81. The van der Waals surface area contributed by atoms with Crippen LogP contribution in [-0.4, -0.2) is 33.5 Å². The van der Waals surface area contributed by atoms with Crippen LogP contribution in [0, 0.1) is 0 Å². The van der Waals surface area contributed by atoms with Gasteiger partial charge in [0.25, 0.3) is 0 Å². The van der Waals surface area contributed by atoms with Crippen molar-refractivity contribution in [3.05, 3.63) is 96.3 Å². The number of amides is 1. The fourth-order valence-corrected chi connectivity index (χ4v) is 4.91. The summed E-state index contributed by atoms with van der Waals surface area (Å²) in [6, 6.07) is 28.6. The number of rotatable bonds is 9. The highest BCUT2D eigenvalue weighted by atomic mass is 16.5. The molecule has 1 aliphatic rings. The molecule has 2 atom stereocenters. The number of carbonyl (C=O) groups is 1. The van der Waals surface area contributed by atoms with Gasteiger partial charge in [-0.2, -0.15) is 0 Å². The first kappa shape index (κ1) is 22.2. The quantitative estimate of drug-likeness (QED) is 0.293. The number of hydrogen-bond acceptors (Lipinski definition) is 3. The normalized spacial score (nSPS) is 16.8. The standard InChI is InChI=1S/C29H31N3O2/c1-22(23-12-4-2-5-13-23)32-21-24(20-28(32)33)29-30-26-16-8-9-17-27(26)31(29)18-10-11-19-34-25-14-6-3-7-15-25/h2-9,12-17,22,24H,10-11,18-21H2,1H3. The Hall–Kier alpha value is -3.60. The zero-order valence-electron chi connectivity index (χ0n) is 19.6. The third-order valence-electron chi connectivity index (χ3n) is 6.75. The van der Waals surface area contributed by atoms with Crippen LogP contribution in [0.1, 0.15) is 49.5 Å². The first-order valence-electron chi connectivity index (χ1n) is 12.2. The second kappa shape index (κ2) is 10.1. The van der Waals surface area contributed by atoms with E-state index in [1.165, 1.54) is 5.56 Å². The van der Waals surface area contributed by atoms with E-state index in [0.717, 1.165) is 42.0 Å². The minimum absolute atomic E-state index is 0.0617. The molecule has 2 unspecified atom stereocenters. The van der Waals surface area contributed by atoms with E-state index in [1.807, 2.05) is 59.5 Å². The summed E-state index contributed by atoms with van der Waals surface area (Å²) in [5.41, 5.74) is 3.31. The van der Waals surface area contributed by atoms with Crippen molar-refractivity contribution in [3.63, 3.8) is 0 Å². The van der Waals surface area contributed by atoms with Gasteiger partial charge >= 0.3 is 0 Å². The van der Waals surface area contributed by atoms with E-state index in [9.17, 15) is 4.79 Å². The number of aryl methyl sites for hydroxylation is 1. The van der Waals surface area contributed by atoms with Crippen molar-refractivity contribution in [2.45, 2.75) is 44.7 Å². The molecule has 2 heterocycles. The van der Waals surface area contributed by atoms with Crippen molar-refractivity contribution in [2.24, 2.45) is 0 Å². The summed E-state index contributed by atoms with van der Waals surface area (Å²) in [5, 5.41) is 0. The molecule has 0 N–H and O–H groups in total. The topological polar surface area (TPSA) is 47.4 Å². The van der Waals surface area contributed by atoms with Gasteiger partial charge in [-0.05, 0) is 49.6 Å². The van der Waals surface area contributed by atoms with Gasteiger partial charge in [0.05, 0.1) is 23.7 Å². The zero-order chi connectivity index (χ0) is 23.3. The molecule has 1 amide bonds. The molecule has 5 nitrogen and oxygen atoms in total. The van der Waals surface area contributed by atoms with Gasteiger partial charge in [-0.1, -0.05) is 60.7 Å². The number of benzene rings is 3. The molecular weight excluding hydrogens is 422 g/mol. The maximum absolute atomic E-state index is 13.0. The molecule has 4 aromatic rings. The van der Waals surface area contributed by atoms with Crippen LogP contribution < -0.4 is 4.74 Å². The van der Waals surface area contributed by atoms with Crippen LogP contribution in [0.15, 0.2) is 84.9 Å². The Morgan fingerprint density at radius 1 is 0.941 bits per heavy atom. The van der Waals surface area contributed by atoms with Crippen LogP contribution in [0.3, 0.4) is 0 Å². The fourth-order valence-electron chi connectivity index (χ4n) is 4.91. The van der Waals surface area contributed by atoms with E-state index in [1.54, 1.807) is 0 Å². The number of fused-ring (bicyclic) bond motifs is 1. The Morgan fingerprint density at radius 2 is 1.65 bits per heavy atom. The Kier molecular flexibility index (Phi) is 6.61. The third kappa shape index (κ3) is 4.69. The Bertz CT molecular complexity index is 1240. The molecule has 1 fully saturated rings. The third-order valence-corrected chi connectivity index (χ3v) is 6.75. The summed E-state index contributed by atoms with van der Waals surface area (Å²) in [6.07, 6.45) is 2.46. The van der Waals surface area contributed by atoms with Crippen LogP contribution >= 0.6 is 0 Å². The fraction of sp³-hybridized carbons (Fsp3) is 0.310. The van der Waals surface area contributed by atoms with E-state index >= 15 is 0 Å². The molecule has 34 heavy (non-hydrogen) atoms. The maximum Gasteiger partial charge on any atom is 0.223 e. The summed E-state index contributed by atoms with van der Waals surface area (Å²) in [5.74, 6) is 2.25. The highest BCUT2D eigenvalue weighted by Crippen LogP contribution is 2.35. The molecular formula is C29H31N3O2. The van der Waals surface area contributed by atoms with Gasteiger partial charge in [0, 0.05) is 25.4 Å². The van der Waals surface area contributed by atoms with Crippen LogP contribution in [0.5, 0.6) is 5.75 Å². The van der Waals surface area contributed by atoms with Gasteiger partial charge in [0.2, 0.25) is 5.91 Å². The highest BCUT2D eigenvalue weighted by Gasteiger charge is 2.36. The summed E-state index contributed by atoms with van der Waals surface area (Å²) in [6.45, 7) is 4.38. The number of unbranched alkanes of at least 4 members (excludes halogenated alkanes) is 1. The van der Waals surface area contributed by atoms with Crippen molar-refractivity contribution in [3.8, 4) is 5.75 Å². The van der Waals surface area contributed by atoms with E-state index in [4.69, 9.17) is 9.72 Å². The molecule has 1 aliphatic heterocycles. The Morgan fingerprint density at radius 3 is 2.44 bits per heavy atom. The van der Waals surface area contributed by atoms with Crippen molar-refractivity contribution in [2.75, 3.05) is 13.2 Å². The van der Waals surface area contributed by atoms with Crippen LogP contribution in [0.2, 0.25) is 0 Å². The number of imidazole rings is 1. The average molecular weight is 454 g/mol. The number of para-hydroxylation sites is 3. The predicted molar refractivity (Wildman–Crippen MR) is 135 cm³/mol. The van der Waals surface area contributed by atoms with Crippen molar-refractivity contribution in [1.29, 1.82) is 0 Å². The number of nitrogens with zero attached hydrogens (tertiary/aromatic N) is 3. The molecule has 0 aliphatic carbocycles. The van der Waals surface area contributed by atoms with E-state index in [0.29, 0.717) is 19.6 Å². The summed E-state index contributed by atoms with van der Waals surface area (Å²) >= 11 is 0. The van der Waals surface area contributed by atoms with Gasteiger partial charge < -0.3 is 14.2 Å². The molecule has 0 bridgehead atoms. The maximum atomic E-state index is 13.0. The van der Waals surface area contributed by atoms with Gasteiger partial charge in [0.1, 0.15) is 11.6 Å². The van der Waals surface area contributed by atoms with Gasteiger partial charge in [0.15, 0.2) is 0 Å². The van der Waals surface area contributed by atoms with Crippen molar-refractivity contribution < 1.29 is 9.53 Å². The van der Waals surface area contributed by atoms with Crippen LogP contribution in [0.25, 0.3) is 11.0 Å². The monoisotopic (exact) mass is 453 g/mol. The molecule has 1 aromatic heterocycles. The first-order chi connectivity index (χ1) is 16.7. The van der Waals surface area contributed by atoms with Crippen molar-refractivity contribution in [1.82, 2.24) is 14.5 Å². The number of likely N-dealkylation sites (tertiary alicyclic amines) is 1. The minimum atomic E-state index is 0.0617. The number of aromatic nitrogens is 2. The molecule has 5 rings (SSSR count). The number of carbonyl (C=O) groups excluding carboxylic acids is 1.